The average Bonchev–Trinajstić information content (AvgIpc) is 1.83. The molecule has 0 bridgehead atoms. The number of carbonyl (C=O) groups is 1. The maximum absolute atomic E-state index is 9.85. The Morgan fingerprint density at radius 1 is 1.78 bits per heavy atom. The molecule has 0 aromatic heterocycles. The monoisotopic (exact) mass is 126 g/mol. The molecule has 0 aromatic carbocycles. The van der Waals surface area contributed by atoms with Crippen molar-refractivity contribution in [3.63, 3.8) is 0 Å². The van der Waals surface area contributed by atoms with Gasteiger partial charge in [0.15, 0.2) is 0 Å². The van der Waals surface area contributed by atoms with Gasteiger partial charge in [0.1, 0.15) is 0 Å². The fourth-order valence-corrected chi connectivity index (χ4v) is 0.287. The Labute approximate surface area is 54.9 Å². The van der Waals surface area contributed by atoms with Crippen LogP contribution in [0.4, 0.5) is 0 Å². The van der Waals surface area contributed by atoms with Gasteiger partial charge in [-0.05, 0) is 6.42 Å². The van der Waals surface area contributed by atoms with Crippen molar-refractivity contribution < 1.29 is 9.90 Å². The smallest absolute Gasteiger partial charge is 0.381 e. The lowest BCUT2D eigenvalue weighted by Crippen LogP contribution is -1.91. The van der Waals surface area contributed by atoms with Crippen LogP contribution in [0.25, 0.3) is 0 Å². The molecule has 9 heavy (non-hydrogen) atoms. The van der Waals surface area contributed by atoms with E-state index in [0.717, 1.165) is 6.42 Å². The lowest BCUT2D eigenvalue weighted by Gasteiger charge is -1.92. The van der Waals surface area contributed by atoms with Crippen molar-refractivity contribution in [2.45, 2.75) is 20.3 Å². The molecule has 0 heterocycles. The molecule has 1 N–H and O–H groups in total. The van der Waals surface area contributed by atoms with Gasteiger partial charge in [0.05, 0.1) is 0 Å². The van der Waals surface area contributed by atoms with Gasteiger partial charge in [-0.15, -0.1) is 0 Å². The molecule has 0 amide bonds. The van der Waals surface area contributed by atoms with Gasteiger partial charge < -0.3 is 5.11 Å². The Balaban J connectivity index is 3.72. The van der Waals surface area contributed by atoms with E-state index in [-0.39, 0.29) is 5.92 Å². The molecule has 0 saturated heterocycles. The van der Waals surface area contributed by atoms with Crippen molar-refractivity contribution in [2.24, 2.45) is 5.92 Å². The largest absolute Gasteiger partial charge is 0.472 e. The van der Waals surface area contributed by atoms with E-state index in [9.17, 15) is 4.79 Å². The predicted molar refractivity (Wildman–Crippen MR) is 34.9 cm³/mol. The van der Waals surface area contributed by atoms with Gasteiger partial charge in [-0.25, -0.2) is 4.79 Å². The zero-order valence-electron chi connectivity index (χ0n) is 5.64. The number of carboxylic acid groups (broad SMARTS) is 1. The molecule has 2 nitrogen and oxygen atoms in total. The first kappa shape index (κ1) is 8.03. The van der Waals surface area contributed by atoms with Crippen molar-refractivity contribution in [3.8, 4) is 11.8 Å². The summed E-state index contributed by atoms with van der Waals surface area (Å²) in [6, 6.07) is 0. The summed E-state index contributed by atoms with van der Waals surface area (Å²) in [5.41, 5.74) is 0. The van der Waals surface area contributed by atoms with Gasteiger partial charge in [0.2, 0.25) is 0 Å². The zero-order valence-corrected chi connectivity index (χ0v) is 5.64. The normalized spacial score (nSPS) is 11.3. The zero-order chi connectivity index (χ0) is 7.28. The minimum Gasteiger partial charge on any atom is -0.472 e. The van der Waals surface area contributed by atoms with Crippen LogP contribution in [0.2, 0.25) is 0 Å². The van der Waals surface area contributed by atoms with Gasteiger partial charge in [0.25, 0.3) is 0 Å². The SMILES string of the molecule is CC[C@@H](C)C#CC(=O)O. The lowest BCUT2D eigenvalue weighted by molar-refractivity contribution is -0.130. The third kappa shape index (κ3) is 4.89. The average molecular weight is 126 g/mol. The van der Waals surface area contributed by atoms with Gasteiger partial charge in [-0.1, -0.05) is 19.8 Å². The van der Waals surface area contributed by atoms with Crippen molar-refractivity contribution in [1.82, 2.24) is 0 Å². The number of rotatable bonds is 1. The lowest BCUT2D eigenvalue weighted by atomic mass is 10.1. The Hall–Kier alpha value is -0.970. The fourth-order valence-electron chi connectivity index (χ4n) is 0.287. The summed E-state index contributed by atoms with van der Waals surface area (Å²) in [5, 5.41) is 8.08. The molecule has 50 valence electrons. The van der Waals surface area contributed by atoms with Crippen LogP contribution >= 0.6 is 0 Å². The molecule has 0 unspecified atom stereocenters. The van der Waals surface area contributed by atoms with Crippen LogP contribution in [0.15, 0.2) is 0 Å². The summed E-state index contributed by atoms with van der Waals surface area (Å²) in [6.45, 7) is 3.87. The third-order valence-electron chi connectivity index (χ3n) is 1.04. The van der Waals surface area contributed by atoms with Gasteiger partial charge in [-0.3, -0.25) is 0 Å². The fraction of sp³-hybridized carbons (Fsp3) is 0.571. The van der Waals surface area contributed by atoms with Crippen LogP contribution in [-0.4, -0.2) is 11.1 Å². The van der Waals surface area contributed by atoms with E-state index in [1.54, 1.807) is 0 Å². The molecule has 0 aliphatic heterocycles. The second-order valence-electron chi connectivity index (χ2n) is 1.88. The van der Waals surface area contributed by atoms with Gasteiger partial charge >= 0.3 is 5.97 Å². The van der Waals surface area contributed by atoms with Crippen molar-refractivity contribution >= 4 is 5.97 Å². The molecule has 0 aliphatic carbocycles. The topological polar surface area (TPSA) is 37.3 Å². The number of hydrogen-bond donors (Lipinski definition) is 1. The van der Waals surface area contributed by atoms with Crippen LogP contribution < -0.4 is 0 Å². The second-order valence-corrected chi connectivity index (χ2v) is 1.88. The molecule has 0 fully saturated rings. The maximum Gasteiger partial charge on any atom is 0.381 e. The highest BCUT2D eigenvalue weighted by molar-refractivity contribution is 5.86. The summed E-state index contributed by atoms with van der Waals surface area (Å²) >= 11 is 0. The van der Waals surface area contributed by atoms with Crippen LogP contribution in [0.1, 0.15) is 20.3 Å². The molecule has 2 heteroatoms. The summed E-state index contributed by atoms with van der Waals surface area (Å²) in [6.07, 6.45) is 0.903. The molecule has 1 atom stereocenters. The van der Waals surface area contributed by atoms with E-state index in [2.05, 4.69) is 11.8 Å². The van der Waals surface area contributed by atoms with Crippen LogP contribution in [0, 0.1) is 17.8 Å². The minimum atomic E-state index is -1.05. The maximum atomic E-state index is 9.85. The van der Waals surface area contributed by atoms with E-state index in [1.807, 2.05) is 13.8 Å². The first-order valence-corrected chi connectivity index (χ1v) is 2.91. The Morgan fingerprint density at radius 3 is 2.67 bits per heavy atom. The summed E-state index contributed by atoms with van der Waals surface area (Å²) in [7, 11) is 0. The molecular formula is C7H10O2. The molecule has 0 aliphatic rings. The highest BCUT2D eigenvalue weighted by Crippen LogP contribution is 1.95. The van der Waals surface area contributed by atoms with Crippen LogP contribution in [0.3, 0.4) is 0 Å². The minimum absolute atomic E-state index is 0.195. The summed E-state index contributed by atoms with van der Waals surface area (Å²) in [5.74, 6) is 3.79. The standard InChI is InChI=1S/C7H10O2/c1-3-6(2)4-5-7(8)9/h6H,3H2,1-2H3,(H,8,9)/t6-/m1/s1. The van der Waals surface area contributed by atoms with E-state index >= 15 is 0 Å². The van der Waals surface area contributed by atoms with Crippen LogP contribution in [-0.2, 0) is 4.79 Å². The molecule has 0 aromatic rings. The molecule has 0 spiro atoms. The summed E-state index contributed by atoms with van der Waals surface area (Å²) < 4.78 is 0. The quantitative estimate of drug-likeness (QED) is 0.534. The number of aliphatic carboxylic acids is 1. The van der Waals surface area contributed by atoms with E-state index in [1.165, 1.54) is 0 Å². The Kier molecular flexibility index (Phi) is 3.54. The number of carboxylic acids is 1. The summed E-state index contributed by atoms with van der Waals surface area (Å²) in [4.78, 5) is 9.85. The van der Waals surface area contributed by atoms with E-state index < -0.39 is 5.97 Å². The third-order valence-corrected chi connectivity index (χ3v) is 1.04. The second kappa shape index (κ2) is 3.96. The van der Waals surface area contributed by atoms with Gasteiger partial charge in [0, 0.05) is 11.8 Å². The van der Waals surface area contributed by atoms with E-state index in [4.69, 9.17) is 5.11 Å². The molecule has 0 saturated carbocycles. The molecular weight excluding hydrogens is 116 g/mol. The van der Waals surface area contributed by atoms with Crippen LogP contribution in [0.5, 0.6) is 0 Å². The van der Waals surface area contributed by atoms with Crippen molar-refractivity contribution in [2.75, 3.05) is 0 Å². The predicted octanol–water partition coefficient (Wildman–Crippen LogP) is 1.12. The highest BCUT2D eigenvalue weighted by atomic mass is 16.4. The molecule has 0 rings (SSSR count). The van der Waals surface area contributed by atoms with Crippen molar-refractivity contribution in [3.05, 3.63) is 0 Å². The molecule has 0 radical (unpaired) electrons. The Bertz CT molecular complexity index is 150. The van der Waals surface area contributed by atoms with E-state index in [0.29, 0.717) is 0 Å². The van der Waals surface area contributed by atoms with Gasteiger partial charge in [-0.2, -0.15) is 0 Å². The highest BCUT2D eigenvalue weighted by Gasteiger charge is 1.90. The first-order valence-electron chi connectivity index (χ1n) is 2.91. The Morgan fingerprint density at radius 2 is 2.33 bits per heavy atom. The number of hydrogen-bond acceptors (Lipinski definition) is 1. The first-order chi connectivity index (χ1) is 4.16. The van der Waals surface area contributed by atoms with Crippen molar-refractivity contribution in [1.29, 1.82) is 0 Å².